The van der Waals surface area contributed by atoms with Gasteiger partial charge in [0.1, 0.15) is 0 Å². The number of thioether (sulfide) groups is 1. The summed E-state index contributed by atoms with van der Waals surface area (Å²) in [5.41, 5.74) is 0. The largest absolute Gasteiger partial charge is 0.395 e. The third-order valence-corrected chi connectivity index (χ3v) is 5.29. The molecule has 1 aliphatic carbocycles. The van der Waals surface area contributed by atoms with E-state index in [-0.39, 0.29) is 0 Å². The van der Waals surface area contributed by atoms with Crippen LogP contribution in [0, 0.1) is 11.8 Å². The predicted octanol–water partition coefficient (Wildman–Crippen LogP) is 2.51. The molecule has 0 spiro atoms. The minimum Gasteiger partial charge on any atom is -0.395 e. The SMILES string of the molecule is CNC1CCC(C(C)C)CC1SC(C)CO. The van der Waals surface area contributed by atoms with E-state index in [0.29, 0.717) is 23.1 Å². The molecule has 4 unspecified atom stereocenters. The number of nitrogens with one attached hydrogen (secondary N) is 1. The Morgan fingerprint density at radius 1 is 1.31 bits per heavy atom. The van der Waals surface area contributed by atoms with Crippen molar-refractivity contribution in [2.45, 2.75) is 56.6 Å². The third-order valence-electron chi connectivity index (χ3n) is 3.81. The van der Waals surface area contributed by atoms with Crippen LogP contribution in [0.3, 0.4) is 0 Å². The van der Waals surface area contributed by atoms with E-state index in [0.717, 1.165) is 11.8 Å². The van der Waals surface area contributed by atoms with Gasteiger partial charge in [0.05, 0.1) is 6.61 Å². The maximum absolute atomic E-state index is 9.16. The molecule has 0 radical (unpaired) electrons. The molecule has 0 bridgehead atoms. The quantitative estimate of drug-likeness (QED) is 0.780. The Bertz CT molecular complexity index is 198. The van der Waals surface area contributed by atoms with Crippen molar-refractivity contribution < 1.29 is 5.11 Å². The minimum atomic E-state index is 0.296. The summed E-state index contributed by atoms with van der Waals surface area (Å²) in [6.45, 7) is 7.09. The van der Waals surface area contributed by atoms with Crippen LogP contribution in [0.2, 0.25) is 0 Å². The average molecular weight is 245 g/mol. The van der Waals surface area contributed by atoms with Gasteiger partial charge in [-0.25, -0.2) is 0 Å². The predicted molar refractivity (Wildman–Crippen MR) is 73.0 cm³/mol. The molecular weight excluding hydrogens is 218 g/mol. The van der Waals surface area contributed by atoms with E-state index in [9.17, 15) is 0 Å². The summed E-state index contributed by atoms with van der Waals surface area (Å²) in [5.74, 6) is 1.67. The lowest BCUT2D eigenvalue weighted by Gasteiger charge is -2.38. The fraction of sp³-hybridized carbons (Fsp3) is 1.00. The van der Waals surface area contributed by atoms with Gasteiger partial charge in [-0.3, -0.25) is 0 Å². The Balaban J connectivity index is 2.53. The van der Waals surface area contributed by atoms with Crippen LogP contribution < -0.4 is 5.32 Å². The molecule has 2 N–H and O–H groups in total. The first-order valence-corrected chi connectivity index (χ1v) is 7.46. The van der Waals surface area contributed by atoms with Gasteiger partial charge in [-0.15, -0.1) is 0 Å². The van der Waals surface area contributed by atoms with Crippen molar-refractivity contribution in [1.82, 2.24) is 5.32 Å². The van der Waals surface area contributed by atoms with Crippen LogP contribution in [0.4, 0.5) is 0 Å². The molecule has 1 saturated carbocycles. The van der Waals surface area contributed by atoms with E-state index in [2.05, 4.69) is 33.1 Å². The molecule has 0 heterocycles. The zero-order valence-electron chi connectivity index (χ0n) is 11.1. The molecule has 0 amide bonds. The van der Waals surface area contributed by atoms with E-state index in [1.54, 1.807) is 0 Å². The summed E-state index contributed by atoms with van der Waals surface area (Å²) in [4.78, 5) is 0. The molecule has 4 atom stereocenters. The molecule has 0 aromatic rings. The Kier molecular flexibility index (Phi) is 6.16. The standard InChI is InChI=1S/C13H27NOS/c1-9(2)11-5-6-12(14-4)13(7-11)16-10(3)8-15/h9-15H,5-8H2,1-4H3. The van der Waals surface area contributed by atoms with Gasteiger partial charge in [-0.05, 0) is 38.1 Å². The molecule has 0 aromatic carbocycles. The highest BCUT2D eigenvalue weighted by atomic mass is 32.2. The molecule has 96 valence electrons. The second kappa shape index (κ2) is 6.87. The molecule has 16 heavy (non-hydrogen) atoms. The van der Waals surface area contributed by atoms with E-state index < -0.39 is 0 Å². The van der Waals surface area contributed by atoms with E-state index in [4.69, 9.17) is 5.11 Å². The molecule has 1 rings (SSSR count). The Morgan fingerprint density at radius 2 is 2.00 bits per heavy atom. The summed E-state index contributed by atoms with van der Waals surface area (Å²) < 4.78 is 0. The van der Waals surface area contributed by atoms with E-state index in [1.807, 2.05) is 11.8 Å². The van der Waals surface area contributed by atoms with Crippen molar-refractivity contribution in [3.05, 3.63) is 0 Å². The molecule has 1 aliphatic rings. The second-order valence-corrected chi connectivity index (χ2v) is 7.06. The Hall–Kier alpha value is 0.270. The topological polar surface area (TPSA) is 32.3 Å². The normalized spacial score (nSPS) is 33.0. The van der Waals surface area contributed by atoms with Gasteiger partial charge in [0.25, 0.3) is 0 Å². The molecule has 2 nitrogen and oxygen atoms in total. The van der Waals surface area contributed by atoms with Crippen molar-refractivity contribution in [1.29, 1.82) is 0 Å². The molecular formula is C13H27NOS. The number of hydrogen-bond acceptors (Lipinski definition) is 3. The van der Waals surface area contributed by atoms with Gasteiger partial charge in [0.15, 0.2) is 0 Å². The van der Waals surface area contributed by atoms with Crippen LogP contribution in [-0.2, 0) is 0 Å². The first-order chi connectivity index (χ1) is 7.58. The average Bonchev–Trinajstić information content (AvgIpc) is 2.28. The number of hydrogen-bond donors (Lipinski definition) is 2. The summed E-state index contributed by atoms with van der Waals surface area (Å²) in [7, 11) is 2.07. The number of rotatable bonds is 5. The van der Waals surface area contributed by atoms with Crippen LogP contribution in [0.25, 0.3) is 0 Å². The van der Waals surface area contributed by atoms with Crippen LogP contribution in [0.15, 0.2) is 0 Å². The zero-order chi connectivity index (χ0) is 12.1. The molecule has 1 fully saturated rings. The lowest BCUT2D eigenvalue weighted by Crippen LogP contribution is -2.42. The van der Waals surface area contributed by atoms with Crippen LogP contribution >= 0.6 is 11.8 Å². The van der Waals surface area contributed by atoms with E-state index in [1.165, 1.54) is 19.3 Å². The molecule has 0 aromatic heterocycles. The van der Waals surface area contributed by atoms with Crippen molar-refractivity contribution in [3.63, 3.8) is 0 Å². The summed E-state index contributed by atoms with van der Waals surface area (Å²) in [5, 5.41) is 13.6. The van der Waals surface area contributed by atoms with Gasteiger partial charge in [-0.1, -0.05) is 20.8 Å². The lowest BCUT2D eigenvalue weighted by molar-refractivity contribution is 0.250. The Morgan fingerprint density at radius 3 is 2.50 bits per heavy atom. The second-order valence-electron chi connectivity index (χ2n) is 5.38. The monoisotopic (exact) mass is 245 g/mol. The first kappa shape index (κ1) is 14.3. The van der Waals surface area contributed by atoms with E-state index >= 15 is 0 Å². The fourth-order valence-electron chi connectivity index (χ4n) is 2.59. The third kappa shape index (κ3) is 3.94. The van der Waals surface area contributed by atoms with Gasteiger partial charge in [-0.2, -0.15) is 11.8 Å². The zero-order valence-corrected chi connectivity index (χ0v) is 11.9. The van der Waals surface area contributed by atoms with Gasteiger partial charge < -0.3 is 10.4 Å². The summed E-state index contributed by atoms with van der Waals surface area (Å²) in [6, 6.07) is 0.633. The summed E-state index contributed by atoms with van der Waals surface area (Å²) >= 11 is 1.96. The highest BCUT2D eigenvalue weighted by Gasteiger charge is 2.32. The lowest BCUT2D eigenvalue weighted by atomic mass is 9.79. The van der Waals surface area contributed by atoms with Gasteiger partial charge in [0, 0.05) is 16.5 Å². The summed E-state index contributed by atoms with van der Waals surface area (Å²) in [6.07, 6.45) is 3.95. The highest BCUT2D eigenvalue weighted by Crippen LogP contribution is 2.37. The highest BCUT2D eigenvalue weighted by molar-refractivity contribution is 8.00. The number of aliphatic hydroxyl groups is 1. The van der Waals surface area contributed by atoms with Gasteiger partial charge >= 0.3 is 0 Å². The first-order valence-electron chi connectivity index (χ1n) is 6.52. The smallest absolute Gasteiger partial charge is 0.0547 e. The number of aliphatic hydroxyl groups excluding tert-OH is 1. The Labute approximate surface area is 105 Å². The maximum Gasteiger partial charge on any atom is 0.0547 e. The van der Waals surface area contributed by atoms with Crippen molar-refractivity contribution in [3.8, 4) is 0 Å². The van der Waals surface area contributed by atoms with Crippen molar-refractivity contribution >= 4 is 11.8 Å². The molecule has 3 heteroatoms. The molecule has 0 saturated heterocycles. The maximum atomic E-state index is 9.16. The van der Waals surface area contributed by atoms with Crippen LogP contribution in [0.5, 0.6) is 0 Å². The van der Waals surface area contributed by atoms with Crippen LogP contribution in [-0.4, -0.2) is 35.3 Å². The van der Waals surface area contributed by atoms with Crippen LogP contribution in [0.1, 0.15) is 40.0 Å². The fourth-order valence-corrected chi connectivity index (χ4v) is 4.09. The van der Waals surface area contributed by atoms with Crippen molar-refractivity contribution in [2.24, 2.45) is 11.8 Å². The minimum absolute atomic E-state index is 0.296. The van der Waals surface area contributed by atoms with Gasteiger partial charge in [0.2, 0.25) is 0 Å². The van der Waals surface area contributed by atoms with Crippen molar-refractivity contribution in [2.75, 3.05) is 13.7 Å². The molecule has 0 aliphatic heterocycles.